The fourth-order valence-corrected chi connectivity index (χ4v) is 2.49. The standard InChI is InChI=1S/C16H20N4O2/c1-11-3-4-13(9-12(11)2)20-15(17)10-14(18-20)16(21)19-5-7-22-8-6-19/h3-4,9-10H,5-8,17H2,1-2H3. The molecule has 0 saturated carbocycles. The van der Waals surface area contributed by atoms with Gasteiger partial charge in [-0.25, -0.2) is 4.68 Å². The molecule has 6 nitrogen and oxygen atoms in total. The lowest BCUT2D eigenvalue weighted by molar-refractivity contribution is 0.0298. The zero-order chi connectivity index (χ0) is 15.7. The molecule has 22 heavy (non-hydrogen) atoms. The summed E-state index contributed by atoms with van der Waals surface area (Å²) in [6, 6.07) is 7.62. The number of nitrogen functional groups attached to an aromatic ring is 1. The number of benzene rings is 1. The van der Waals surface area contributed by atoms with E-state index >= 15 is 0 Å². The van der Waals surface area contributed by atoms with Crippen LogP contribution in [0.25, 0.3) is 5.69 Å². The van der Waals surface area contributed by atoms with Crippen LogP contribution in [0.15, 0.2) is 24.3 Å². The Kier molecular flexibility index (Phi) is 3.85. The van der Waals surface area contributed by atoms with E-state index in [2.05, 4.69) is 12.0 Å². The second kappa shape index (κ2) is 5.81. The minimum absolute atomic E-state index is 0.0995. The van der Waals surface area contributed by atoms with E-state index in [-0.39, 0.29) is 5.91 Å². The van der Waals surface area contributed by atoms with Crippen LogP contribution in [0.5, 0.6) is 0 Å². The molecule has 1 aromatic carbocycles. The molecule has 1 aliphatic rings. The first kappa shape index (κ1) is 14.6. The molecule has 1 aliphatic heterocycles. The number of amides is 1. The predicted octanol–water partition coefficient (Wildman–Crippen LogP) is 1.54. The van der Waals surface area contributed by atoms with Crippen LogP contribution in [0.2, 0.25) is 0 Å². The molecule has 2 heterocycles. The van der Waals surface area contributed by atoms with Gasteiger partial charge in [0.25, 0.3) is 5.91 Å². The Morgan fingerprint density at radius 2 is 1.91 bits per heavy atom. The maximum atomic E-state index is 12.5. The summed E-state index contributed by atoms with van der Waals surface area (Å²) >= 11 is 0. The van der Waals surface area contributed by atoms with Gasteiger partial charge in [0.1, 0.15) is 5.82 Å². The van der Waals surface area contributed by atoms with E-state index in [1.807, 2.05) is 25.1 Å². The van der Waals surface area contributed by atoms with Crippen LogP contribution in [0.4, 0.5) is 5.82 Å². The van der Waals surface area contributed by atoms with E-state index in [1.165, 1.54) is 5.56 Å². The van der Waals surface area contributed by atoms with Crippen molar-refractivity contribution in [3.05, 3.63) is 41.1 Å². The number of rotatable bonds is 2. The third-order valence-corrected chi connectivity index (χ3v) is 3.99. The molecule has 1 saturated heterocycles. The van der Waals surface area contributed by atoms with Crippen molar-refractivity contribution in [2.24, 2.45) is 0 Å². The van der Waals surface area contributed by atoms with E-state index in [4.69, 9.17) is 10.5 Å². The molecule has 0 unspecified atom stereocenters. The van der Waals surface area contributed by atoms with Gasteiger partial charge in [0, 0.05) is 19.2 Å². The van der Waals surface area contributed by atoms with Gasteiger partial charge in [-0.05, 0) is 37.1 Å². The van der Waals surface area contributed by atoms with Crippen molar-refractivity contribution in [2.75, 3.05) is 32.0 Å². The predicted molar refractivity (Wildman–Crippen MR) is 84.2 cm³/mol. The highest BCUT2D eigenvalue weighted by molar-refractivity contribution is 5.93. The van der Waals surface area contributed by atoms with Crippen molar-refractivity contribution in [1.82, 2.24) is 14.7 Å². The zero-order valence-electron chi connectivity index (χ0n) is 12.9. The molecule has 0 spiro atoms. The van der Waals surface area contributed by atoms with Crippen LogP contribution in [-0.4, -0.2) is 46.9 Å². The van der Waals surface area contributed by atoms with Crippen LogP contribution in [0.1, 0.15) is 21.6 Å². The fourth-order valence-electron chi connectivity index (χ4n) is 2.49. The van der Waals surface area contributed by atoms with Crippen molar-refractivity contribution in [2.45, 2.75) is 13.8 Å². The molecule has 116 valence electrons. The normalized spacial score (nSPS) is 15.1. The number of nitrogens with two attached hydrogens (primary N) is 1. The van der Waals surface area contributed by atoms with Gasteiger partial charge in [-0.2, -0.15) is 5.10 Å². The Morgan fingerprint density at radius 1 is 1.18 bits per heavy atom. The highest BCUT2D eigenvalue weighted by atomic mass is 16.5. The van der Waals surface area contributed by atoms with Crippen molar-refractivity contribution in [3.63, 3.8) is 0 Å². The van der Waals surface area contributed by atoms with Gasteiger partial charge < -0.3 is 15.4 Å². The van der Waals surface area contributed by atoms with Gasteiger partial charge in [-0.1, -0.05) is 6.07 Å². The summed E-state index contributed by atoms with van der Waals surface area (Å²) in [5.41, 5.74) is 9.64. The van der Waals surface area contributed by atoms with E-state index in [1.54, 1.807) is 15.6 Å². The van der Waals surface area contributed by atoms with E-state index in [9.17, 15) is 4.79 Å². The second-order valence-corrected chi connectivity index (χ2v) is 5.54. The molecule has 0 radical (unpaired) electrons. The Hall–Kier alpha value is -2.34. The molecule has 0 bridgehead atoms. The Balaban J connectivity index is 1.89. The number of aromatic nitrogens is 2. The molecular formula is C16H20N4O2. The maximum Gasteiger partial charge on any atom is 0.274 e. The Morgan fingerprint density at radius 3 is 2.59 bits per heavy atom. The van der Waals surface area contributed by atoms with Gasteiger partial charge in [-0.15, -0.1) is 0 Å². The van der Waals surface area contributed by atoms with Crippen LogP contribution in [0, 0.1) is 13.8 Å². The Labute approximate surface area is 129 Å². The fraction of sp³-hybridized carbons (Fsp3) is 0.375. The highest BCUT2D eigenvalue weighted by Crippen LogP contribution is 2.19. The van der Waals surface area contributed by atoms with Crippen LogP contribution >= 0.6 is 0 Å². The summed E-state index contributed by atoms with van der Waals surface area (Å²) < 4.78 is 6.88. The average Bonchev–Trinajstić information content (AvgIpc) is 2.92. The van der Waals surface area contributed by atoms with Gasteiger partial charge >= 0.3 is 0 Å². The maximum absolute atomic E-state index is 12.5. The van der Waals surface area contributed by atoms with Crippen molar-refractivity contribution < 1.29 is 9.53 Å². The number of hydrogen-bond donors (Lipinski definition) is 1. The summed E-state index contributed by atoms with van der Waals surface area (Å²) in [4.78, 5) is 14.2. The first-order valence-corrected chi connectivity index (χ1v) is 7.36. The highest BCUT2D eigenvalue weighted by Gasteiger charge is 2.22. The van der Waals surface area contributed by atoms with Crippen molar-refractivity contribution >= 4 is 11.7 Å². The molecule has 0 atom stereocenters. The molecule has 1 amide bonds. The van der Waals surface area contributed by atoms with Crippen LogP contribution in [-0.2, 0) is 4.74 Å². The molecule has 2 N–H and O–H groups in total. The molecule has 1 aromatic heterocycles. The number of aryl methyl sites for hydroxylation is 2. The number of carbonyl (C=O) groups is 1. The Bertz CT molecular complexity index is 702. The largest absolute Gasteiger partial charge is 0.384 e. The van der Waals surface area contributed by atoms with Crippen LogP contribution < -0.4 is 5.73 Å². The number of hydrogen-bond acceptors (Lipinski definition) is 4. The molecule has 1 fully saturated rings. The number of morpholine rings is 1. The molecule has 6 heteroatoms. The lowest BCUT2D eigenvalue weighted by Crippen LogP contribution is -2.40. The number of carbonyl (C=O) groups excluding carboxylic acids is 1. The summed E-state index contributed by atoms with van der Waals surface area (Å²) in [6.45, 7) is 6.42. The topological polar surface area (TPSA) is 73.4 Å². The third-order valence-electron chi connectivity index (χ3n) is 3.99. The molecular weight excluding hydrogens is 280 g/mol. The van der Waals surface area contributed by atoms with Crippen molar-refractivity contribution in [1.29, 1.82) is 0 Å². The van der Waals surface area contributed by atoms with Gasteiger partial charge in [0.15, 0.2) is 5.69 Å². The lowest BCUT2D eigenvalue weighted by Gasteiger charge is -2.25. The van der Waals surface area contributed by atoms with Crippen molar-refractivity contribution in [3.8, 4) is 5.69 Å². The molecule has 2 aromatic rings. The van der Waals surface area contributed by atoms with E-state index in [0.717, 1.165) is 11.3 Å². The summed E-state index contributed by atoms with van der Waals surface area (Å²) in [5.74, 6) is 0.359. The van der Waals surface area contributed by atoms with Gasteiger partial charge in [0.05, 0.1) is 18.9 Å². The molecule has 3 rings (SSSR count). The quantitative estimate of drug-likeness (QED) is 0.913. The summed E-state index contributed by atoms with van der Waals surface area (Å²) in [7, 11) is 0. The van der Waals surface area contributed by atoms with Gasteiger partial charge in [-0.3, -0.25) is 4.79 Å². The number of nitrogens with zero attached hydrogens (tertiary/aromatic N) is 3. The summed E-state index contributed by atoms with van der Waals surface area (Å²) in [5, 5.41) is 4.39. The third kappa shape index (κ3) is 2.69. The first-order chi connectivity index (χ1) is 10.6. The van der Waals surface area contributed by atoms with E-state index in [0.29, 0.717) is 37.8 Å². The smallest absolute Gasteiger partial charge is 0.274 e. The second-order valence-electron chi connectivity index (χ2n) is 5.54. The monoisotopic (exact) mass is 300 g/mol. The zero-order valence-corrected chi connectivity index (χ0v) is 12.9. The van der Waals surface area contributed by atoms with E-state index < -0.39 is 0 Å². The lowest BCUT2D eigenvalue weighted by atomic mass is 10.1. The number of ether oxygens (including phenoxy) is 1. The molecule has 0 aliphatic carbocycles. The van der Waals surface area contributed by atoms with Crippen LogP contribution in [0.3, 0.4) is 0 Å². The average molecular weight is 300 g/mol. The first-order valence-electron chi connectivity index (χ1n) is 7.36. The SMILES string of the molecule is Cc1ccc(-n2nc(C(=O)N3CCOCC3)cc2N)cc1C. The minimum atomic E-state index is -0.0995. The number of anilines is 1. The van der Waals surface area contributed by atoms with Gasteiger partial charge in [0.2, 0.25) is 0 Å². The minimum Gasteiger partial charge on any atom is -0.384 e. The summed E-state index contributed by atoms with van der Waals surface area (Å²) in [6.07, 6.45) is 0.